The maximum Gasteiger partial charge on any atom is 0.192 e. The quantitative estimate of drug-likeness (QED) is 0.761. The molecule has 2 aromatic rings. The molecule has 78 valence electrons. The number of rotatable bonds is 1. The minimum Gasteiger partial charge on any atom is -0.441 e. The molecule has 0 atom stereocenters. The van der Waals surface area contributed by atoms with E-state index in [2.05, 4.69) is 4.98 Å². The highest BCUT2D eigenvalue weighted by atomic mass is 16.5. The fraction of sp³-hybridized carbons (Fsp3) is 0.364. The van der Waals surface area contributed by atoms with Crippen molar-refractivity contribution >= 4 is 11.1 Å². The summed E-state index contributed by atoms with van der Waals surface area (Å²) >= 11 is 0. The van der Waals surface area contributed by atoms with E-state index in [-0.39, 0.29) is 5.54 Å². The number of fused-ring (bicyclic) bond motifs is 1. The first-order chi connectivity index (χ1) is 7.17. The van der Waals surface area contributed by atoms with Gasteiger partial charge in [0.2, 0.25) is 0 Å². The van der Waals surface area contributed by atoms with Crippen LogP contribution in [0.25, 0.3) is 11.1 Å². The number of hydrogen-bond donors (Lipinski definition) is 1. The van der Waals surface area contributed by atoms with E-state index < -0.39 is 0 Å². The molecule has 0 saturated carbocycles. The highest BCUT2D eigenvalue weighted by Crippen LogP contribution is 2.29. The van der Waals surface area contributed by atoms with Crippen LogP contribution >= 0.6 is 0 Å². The third-order valence-electron chi connectivity index (χ3n) is 2.79. The molecule has 0 spiro atoms. The highest BCUT2D eigenvalue weighted by molar-refractivity contribution is 5.73. The van der Waals surface area contributed by atoms with Crippen LogP contribution in [0.3, 0.4) is 0 Å². The molecular formula is C11H12N2O2. The van der Waals surface area contributed by atoms with Gasteiger partial charge in [-0.15, -0.1) is 0 Å². The van der Waals surface area contributed by atoms with Crippen LogP contribution in [0.1, 0.15) is 11.5 Å². The smallest absolute Gasteiger partial charge is 0.192 e. The summed E-state index contributed by atoms with van der Waals surface area (Å²) in [6, 6.07) is 5.89. The second-order valence-corrected chi connectivity index (χ2v) is 4.06. The Bertz CT molecular complexity index is 514. The minimum absolute atomic E-state index is 0.338. The molecule has 0 unspecified atom stereocenters. The molecule has 1 aromatic carbocycles. The molecule has 3 rings (SSSR count). The SMILES string of the molecule is Cc1nc2ccc(C3(N)COC3)cc2o1. The Balaban J connectivity index is 2.13. The van der Waals surface area contributed by atoms with Crippen LogP contribution in [-0.4, -0.2) is 18.2 Å². The lowest BCUT2D eigenvalue weighted by Crippen LogP contribution is -2.54. The summed E-state index contributed by atoms with van der Waals surface area (Å²) in [5.41, 5.74) is 8.52. The topological polar surface area (TPSA) is 61.3 Å². The predicted molar refractivity (Wildman–Crippen MR) is 55.4 cm³/mol. The van der Waals surface area contributed by atoms with Gasteiger partial charge in [0.05, 0.1) is 18.8 Å². The lowest BCUT2D eigenvalue weighted by atomic mass is 9.89. The summed E-state index contributed by atoms with van der Waals surface area (Å²) < 4.78 is 10.6. The maximum atomic E-state index is 6.13. The van der Waals surface area contributed by atoms with Crippen LogP contribution in [0, 0.1) is 6.92 Å². The summed E-state index contributed by atoms with van der Waals surface area (Å²) in [6.07, 6.45) is 0. The monoisotopic (exact) mass is 204 g/mol. The summed E-state index contributed by atoms with van der Waals surface area (Å²) in [7, 11) is 0. The zero-order valence-electron chi connectivity index (χ0n) is 8.49. The Labute approximate surface area is 87.0 Å². The van der Waals surface area contributed by atoms with Gasteiger partial charge in [-0.3, -0.25) is 0 Å². The Morgan fingerprint density at radius 2 is 2.20 bits per heavy atom. The molecule has 1 aliphatic rings. The molecule has 0 radical (unpaired) electrons. The van der Waals surface area contributed by atoms with E-state index >= 15 is 0 Å². The van der Waals surface area contributed by atoms with Gasteiger partial charge in [-0.25, -0.2) is 4.98 Å². The Hall–Kier alpha value is -1.39. The molecule has 0 aliphatic carbocycles. The van der Waals surface area contributed by atoms with Gasteiger partial charge in [0.1, 0.15) is 5.52 Å². The first kappa shape index (κ1) is 8.88. The summed E-state index contributed by atoms with van der Waals surface area (Å²) in [5, 5.41) is 0. The molecule has 1 saturated heterocycles. The van der Waals surface area contributed by atoms with Crippen molar-refractivity contribution in [3.63, 3.8) is 0 Å². The number of hydrogen-bond acceptors (Lipinski definition) is 4. The zero-order valence-corrected chi connectivity index (χ0v) is 8.49. The lowest BCUT2D eigenvalue weighted by Gasteiger charge is -2.38. The molecular weight excluding hydrogens is 192 g/mol. The zero-order chi connectivity index (χ0) is 10.5. The van der Waals surface area contributed by atoms with Gasteiger partial charge in [0.15, 0.2) is 11.5 Å². The molecule has 0 amide bonds. The fourth-order valence-electron chi connectivity index (χ4n) is 1.84. The van der Waals surface area contributed by atoms with Crippen LogP contribution in [-0.2, 0) is 10.3 Å². The van der Waals surface area contributed by atoms with Crippen molar-refractivity contribution in [2.24, 2.45) is 5.73 Å². The number of aryl methyl sites for hydroxylation is 1. The summed E-state index contributed by atoms with van der Waals surface area (Å²) in [6.45, 7) is 2.99. The van der Waals surface area contributed by atoms with Gasteiger partial charge in [0, 0.05) is 6.92 Å². The van der Waals surface area contributed by atoms with Crippen molar-refractivity contribution in [2.45, 2.75) is 12.5 Å². The lowest BCUT2D eigenvalue weighted by molar-refractivity contribution is -0.0568. The Morgan fingerprint density at radius 1 is 1.40 bits per heavy atom. The summed E-state index contributed by atoms with van der Waals surface area (Å²) in [5.74, 6) is 0.679. The van der Waals surface area contributed by atoms with E-state index in [0.29, 0.717) is 19.1 Å². The number of oxazole rings is 1. The van der Waals surface area contributed by atoms with Crippen LogP contribution in [0.4, 0.5) is 0 Å². The van der Waals surface area contributed by atoms with Crippen LogP contribution < -0.4 is 5.73 Å². The van der Waals surface area contributed by atoms with Crippen LogP contribution in [0.15, 0.2) is 22.6 Å². The third-order valence-corrected chi connectivity index (χ3v) is 2.79. The molecule has 1 fully saturated rings. The van der Waals surface area contributed by atoms with E-state index in [9.17, 15) is 0 Å². The number of aromatic nitrogens is 1. The molecule has 2 heterocycles. The van der Waals surface area contributed by atoms with Gasteiger partial charge in [0.25, 0.3) is 0 Å². The molecule has 0 bridgehead atoms. The second kappa shape index (κ2) is 2.81. The number of benzene rings is 1. The first-order valence-electron chi connectivity index (χ1n) is 4.92. The standard InChI is InChI=1S/C11H12N2O2/c1-7-13-9-3-2-8(4-10(9)15-7)11(12)5-14-6-11/h2-4H,5-6,12H2,1H3. The van der Waals surface area contributed by atoms with Gasteiger partial charge in [-0.1, -0.05) is 6.07 Å². The molecule has 4 nitrogen and oxygen atoms in total. The Morgan fingerprint density at radius 3 is 2.87 bits per heavy atom. The minimum atomic E-state index is -0.338. The van der Waals surface area contributed by atoms with Gasteiger partial charge >= 0.3 is 0 Å². The average Bonchev–Trinajstić information content (AvgIpc) is 2.53. The average molecular weight is 204 g/mol. The second-order valence-electron chi connectivity index (χ2n) is 4.06. The predicted octanol–water partition coefficient (Wildman–Crippen LogP) is 1.32. The number of ether oxygens (including phenoxy) is 1. The molecule has 15 heavy (non-hydrogen) atoms. The Kier molecular flexibility index (Phi) is 1.66. The van der Waals surface area contributed by atoms with E-state index in [1.165, 1.54) is 0 Å². The summed E-state index contributed by atoms with van der Waals surface area (Å²) in [4.78, 5) is 4.24. The van der Waals surface area contributed by atoms with Crippen molar-refractivity contribution < 1.29 is 9.15 Å². The largest absolute Gasteiger partial charge is 0.441 e. The molecule has 2 N–H and O–H groups in total. The molecule has 1 aliphatic heterocycles. The van der Waals surface area contributed by atoms with Gasteiger partial charge in [-0.2, -0.15) is 0 Å². The van der Waals surface area contributed by atoms with Crippen molar-refractivity contribution in [3.8, 4) is 0 Å². The fourth-order valence-corrected chi connectivity index (χ4v) is 1.84. The number of nitrogens with two attached hydrogens (primary N) is 1. The van der Waals surface area contributed by atoms with Gasteiger partial charge < -0.3 is 14.9 Å². The van der Waals surface area contributed by atoms with Crippen molar-refractivity contribution in [2.75, 3.05) is 13.2 Å². The van der Waals surface area contributed by atoms with Crippen molar-refractivity contribution in [1.29, 1.82) is 0 Å². The van der Waals surface area contributed by atoms with E-state index in [1.807, 2.05) is 25.1 Å². The first-order valence-corrected chi connectivity index (χ1v) is 4.92. The van der Waals surface area contributed by atoms with Crippen molar-refractivity contribution in [1.82, 2.24) is 4.98 Å². The molecule has 4 heteroatoms. The third kappa shape index (κ3) is 1.26. The van der Waals surface area contributed by atoms with Crippen LogP contribution in [0.5, 0.6) is 0 Å². The normalized spacial score (nSPS) is 19.1. The van der Waals surface area contributed by atoms with Crippen LogP contribution in [0.2, 0.25) is 0 Å². The van der Waals surface area contributed by atoms with Crippen molar-refractivity contribution in [3.05, 3.63) is 29.7 Å². The maximum absolute atomic E-state index is 6.13. The molecule has 1 aromatic heterocycles. The van der Waals surface area contributed by atoms with Gasteiger partial charge in [-0.05, 0) is 17.7 Å². The van der Waals surface area contributed by atoms with E-state index in [4.69, 9.17) is 14.9 Å². The van der Waals surface area contributed by atoms with E-state index in [0.717, 1.165) is 16.7 Å². The van der Waals surface area contributed by atoms with E-state index in [1.54, 1.807) is 0 Å². The number of nitrogens with zero attached hydrogens (tertiary/aromatic N) is 1. The highest BCUT2D eigenvalue weighted by Gasteiger charge is 2.36.